The van der Waals surface area contributed by atoms with Crippen molar-refractivity contribution in [3.8, 4) is 17.2 Å². The standard InChI is InChI=1S/C24H26N4O6S/c1-12-19(23(30)34-7)20(15-11-25-27(3)13(15)2)28-22(29)18(35-24(28)26-12)10-14-8-16(31-4)21(33-6)17(9-14)32-5/h8-11,20H,1-7H3/b18-10+/t20-/m1/s1. The van der Waals surface area contributed by atoms with Crippen LogP contribution in [0, 0.1) is 6.92 Å². The molecule has 0 unspecified atom stereocenters. The van der Waals surface area contributed by atoms with Crippen molar-refractivity contribution in [2.24, 2.45) is 12.0 Å². The summed E-state index contributed by atoms with van der Waals surface area (Å²) in [7, 11) is 7.71. The van der Waals surface area contributed by atoms with Crippen molar-refractivity contribution in [1.82, 2.24) is 14.3 Å². The highest BCUT2D eigenvalue weighted by Crippen LogP contribution is 2.38. The number of aromatic nitrogens is 3. The molecule has 0 saturated heterocycles. The zero-order chi connectivity index (χ0) is 25.4. The summed E-state index contributed by atoms with van der Waals surface area (Å²) in [5.41, 5.74) is 2.74. The van der Waals surface area contributed by atoms with E-state index < -0.39 is 12.0 Å². The predicted octanol–water partition coefficient (Wildman–Crippen LogP) is 1.48. The third kappa shape index (κ3) is 4.01. The van der Waals surface area contributed by atoms with Crippen LogP contribution in [-0.4, -0.2) is 48.8 Å². The molecular weight excluding hydrogens is 472 g/mol. The van der Waals surface area contributed by atoms with Gasteiger partial charge in [-0.05, 0) is 37.6 Å². The number of nitrogens with zero attached hydrogens (tertiary/aromatic N) is 4. The molecule has 0 aliphatic carbocycles. The van der Waals surface area contributed by atoms with E-state index in [-0.39, 0.29) is 5.56 Å². The largest absolute Gasteiger partial charge is 0.493 e. The van der Waals surface area contributed by atoms with Gasteiger partial charge in [-0.3, -0.25) is 14.0 Å². The fourth-order valence-corrected chi connectivity index (χ4v) is 5.15. The molecule has 35 heavy (non-hydrogen) atoms. The molecule has 0 radical (unpaired) electrons. The molecule has 1 aliphatic rings. The Kier molecular flexibility index (Phi) is 6.53. The molecule has 0 amide bonds. The van der Waals surface area contributed by atoms with Gasteiger partial charge in [0, 0.05) is 18.3 Å². The first-order valence-corrected chi connectivity index (χ1v) is 11.5. The van der Waals surface area contributed by atoms with Gasteiger partial charge >= 0.3 is 5.97 Å². The smallest absolute Gasteiger partial charge is 0.338 e. The van der Waals surface area contributed by atoms with Crippen LogP contribution in [0.5, 0.6) is 17.2 Å². The van der Waals surface area contributed by atoms with Crippen LogP contribution in [0.15, 0.2) is 39.4 Å². The molecule has 2 aromatic heterocycles. The van der Waals surface area contributed by atoms with Gasteiger partial charge in [0.2, 0.25) is 5.75 Å². The monoisotopic (exact) mass is 498 g/mol. The molecule has 0 bridgehead atoms. The average molecular weight is 499 g/mol. The van der Waals surface area contributed by atoms with E-state index in [0.717, 1.165) is 11.3 Å². The second kappa shape index (κ2) is 9.41. The van der Waals surface area contributed by atoms with Gasteiger partial charge in [-0.25, -0.2) is 9.79 Å². The molecule has 0 saturated carbocycles. The van der Waals surface area contributed by atoms with E-state index >= 15 is 0 Å². The third-order valence-electron chi connectivity index (χ3n) is 5.98. The number of benzene rings is 1. The fourth-order valence-electron chi connectivity index (χ4n) is 4.11. The number of fused-ring (bicyclic) bond motifs is 1. The summed E-state index contributed by atoms with van der Waals surface area (Å²) >= 11 is 1.23. The molecule has 11 heteroatoms. The normalized spacial score (nSPS) is 15.5. The van der Waals surface area contributed by atoms with E-state index in [2.05, 4.69) is 10.1 Å². The lowest BCUT2D eigenvalue weighted by atomic mass is 9.96. The zero-order valence-corrected chi connectivity index (χ0v) is 21.3. The topological polar surface area (TPSA) is 106 Å². The first-order chi connectivity index (χ1) is 16.7. The van der Waals surface area contributed by atoms with Crippen LogP contribution in [0.25, 0.3) is 6.08 Å². The number of aryl methyl sites for hydroxylation is 1. The Bertz CT molecular complexity index is 1500. The maximum absolute atomic E-state index is 13.7. The summed E-state index contributed by atoms with van der Waals surface area (Å²) in [5, 5.41) is 4.32. The van der Waals surface area contributed by atoms with Gasteiger partial charge in [0.1, 0.15) is 6.04 Å². The quantitative estimate of drug-likeness (QED) is 0.474. The van der Waals surface area contributed by atoms with Crippen molar-refractivity contribution in [3.05, 3.63) is 66.1 Å². The molecule has 0 spiro atoms. The van der Waals surface area contributed by atoms with Crippen LogP contribution in [-0.2, 0) is 16.6 Å². The van der Waals surface area contributed by atoms with Gasteiger partial charge in [-0.15, -0.1) is 0 Å². The second-order valence-electron chi connectivity index (χ2n) is 7.84. The fraction of sp³-hybridized carbons (Fsp3) is 0.333. The summed E-state index contributed by atoms with van der Waals surface area (Å²) < 4.78 is 25.0. The minimum absolute atomic E-state index is 0.287. The summed E-state index contributed by atoms with van der Waals surface area (Å²) in [6, 6.07) is 2.80. The molecule has 3 heterocycles. The maximum atomic E-state index is 13.7. The molecular formula is C24H26N4O6S. The second-order valence-corrected chi connectivity index (χ2v) is 8.85. The van der Waals surface area contributed by atoms with Crippen LogP contribution >= 0.6 is 11.3 Å². The van der Waals surface area contributed by atoms with E-state index in [9.17, 15) is 9.59 Å². The Morgan fingerprint density at radius 2 is 1.74 bits per heavy atom. The maximum Gasteiger partial charge on any atom is 0.338 e. The number of methoxy groups -OCH3 is 4. The van der Waals surface area contributed by atoms with Gasteiger partial charge in [0.25, 0.3) is 5.56 Å². The van der Waals surface area contributed by atoms with Crippen molar-refractivity contribution in [1.29, 1.82) is 0 Å². The predicted molar refractivity (Wildman–Crippen MR) is 130 cm³/mol. The SMILES string of the molecule is COC(=O)C1=C(C)N=c2s/c(=C/c3cc(OC)c(OC)c(OC)c3)c(=O)n2[C@@H]1c1cnn(C)c1C. The molecule has 1 atom stereocenters. The summed E-state index contributed by atoms with van der Waals surface area (Å²) in [6.07, 6.45) is 3.40. The van der Waals surface area contributed by atoms with Crippen molar-refractivity contribution in [2.75, 3.05) is 28.4 Å². The molecule has 1 aliphatic heterocycles. The highest BCUT2D eigenvalue weighted by Gasteiger charge is 2.35. The van der Waals surface area contributed by atoms with E-state index in [1.54, 1.807) is 43.1 Å². The van der Waals surface area contributed by atoms with Gasteiger partial charge in [0.15, 0.2) is 16.3 Å². The van der Waals surface area contributed by atoms with E-state index in [1.165, 1.54) is 44.3 Å². The number of hydrogen-bond acceptors (Lipinski definition) is 9. The summed E-state index contributed by atoms with van der Waals surface area (Å²) in [6.45, 7) is 3.62. The number of thiazole rings is 1. The van der Waals surface area contributed by atoms with Crippen LogP contribution in [0.1, 0.15) is 29.8 Å². The number of carbonyl (C=O) groups excluding carboxylic acids is 1. The Labute approximate surface area is 205 Å². The average Bonchev–Trinajstić information content (AvgIpc) is 3.34. The van der Waals surface area contributed by atoms with Gasteiger partial charge in [-0.2, -0.15) is 5.10 Å². The zero-order valence-electron chi connectivity index (χ0n) is 20.5. The third-order valence-corrected chi connectivity index (χ3v) is 6.96. The lowest BCUT2D eigenvalue weighted by Crippen LogP contribution is -2.40. The molecule has 3 aromatic rings. The number of rotatable bonds is 6. The Morgan fingerprint density at radius 1 is 1.09 bits per heavy atom. The number of carbonyl (C=O) groups is 1. The van der Waals surface area contributed by atoms with E-state index in [1.807, 2.05) is 6.92 Å². The minimum atomic E-state index is -0.713. The van der Waals surface area contributed by atoms with Crippen LogP contribution in [0.3, 0.4) is 0 Å². The van der Waals surface area contributed by atoms with Crippen molar-refractivity contribution >= 4 is 23.4 Å². The summed E-state index contributed by atoms with van der Waals surface area (Å²) in [5.74, 6) is 0.856. The summed E-state index contributed by atoms with van der Waals surface area (Å²) in [4.78, 5) is 31.5. The number of esters is 1. The van der Waals surface area contributed by atoms with E-state index in [0.29, 0.717) is 43.4 Å². The molecule has 0 fully saturated rings. The Hall–Kier alpha value is -3.86. The first-order valence-electron chi connectivity index (χ1n) is 10.6. The highest BCUT2D eigenvalue weighted by molar-refractivity contribution is 7.07. The number of hydrogen-bond donors (Lipinski definition) is 0. The van der Waals surface area contributed by atoms with Crippen molar-refractivity contribution in [2.45, 2.75) is 19.9 Å². The Balaban J connectivity index is 1.98. The molecule has 0 N–H and O–H groups in total. The van der Waals surface area contributed by atoms with Gasteiger partial charge < -0.3 is 18.9 Å². The number of ether oxygens (including phenoxy) is 4. The minimum Gasteiger partial charge on any atom is -0.493 e. The molecule has 10 nitrogen and oxygen atoms in total. The van der Waals surface area contributed by atoms with Crippen molar-refractivity contribution < 1.29 is 23.7 Å². The lowest BCUT2D eigenvalue weighted by Gasteiger charge is -2.23. The first kappa shape index (κ1) is 24.3. The van der Waals surface area contributed by atoms with Crippen LogP contribution < -0.4 is 29.1 Å². The molecule has 4 rings (SSSR count). The highest BCUT2D eigenvalue weighted by atomic mass is 32.1. The van der Waals surface area contributed by atoms with E-state index in [4.69, 9.17) is 18.9 Å². The molecule has 184 valence electrons. The number of allylic oxidation sites excluding steroid dienone is 1. The van der Waals surface area contributed by atoms with Gasteiger partial charge in [-0.1, -0.05) is 11.3 Å². The lowest BCUT2D eigenvalue weighted by molar-refractivity contribution is -0.136. The molecule has 1 aromatic carbocycles. The Morgan fingerprint density at radius 3 is 2.26 bits per heavy atom. The van der Waals surface area contributed by atoms with Crippen LogP contribution in [0.4, 0.5) is 0 Å². The van der Waals surface area contributed by atoms with Crippen molar-refractivity contribution in [3.63, 3.8) is 0 Å². The van der Waals surface area contributed by atoms with Gasteiger partial charge in [0.05, 0.1) is 50.4 Å². The van der Waals surface area contributed by atoms with Crippen LogP contribution in [0.2, 0.25) is 0 Å².